The predicted octanol–water partition coefficient (Wildman–Crippen LogP) is 2.68. The Morgan fingerprint density at radius 2 is 2.17 bits per heavy atom. The number of aryl methyl sites for hydroxylation is 1. The average molecular weight is 312 g/mol. The van der Waals surface area contributed by atoms with Crippen LogP contribution in [0.25, 0.3) is 10.9 Å². The van der Waals surface area contributed by atoms with E-state index >= 15 is 0 Å². The van der Waals surface area contributed by atoms with Gasteiger partial charge in [-0.25, -0.2) is 9.97 Å². The summed E-state index contributed by atoms with van der Waals surface area (Å²) in [5.74, 6) is 1.12. The third-order valence-electron chi connectivity index (χ3n) is 4.36. The van der Waals surface area contributed by atoms with E-state index in [1.807, 2.05) is 19.9 Å². The molecule has 122 valence electrons. The molecule has 1 aromatic carbocycles. The molecule has 2 aromatic rings. The van der Waals surface area contributed by atoms with Crippen molar-refractivity contribution in [3.63, 3.8) is 0 Å². The summed E-state index contributed by atoms with van der Waals surface area (Å²) in [6.07, 6.45) is 3.71. The van der Waals surface area contributed by atoms with Crippen LogP contribution in [0.1, 0.15) is 32.3 Å². The van der Waals surface area contributed by atoms with Crippen molar-refractivity contribution in [1.82, 2.24) is 15.3 Å². The number of amides is 1. The summed E-state index contributed by atoms with van der Waals surface area (Å²) in [7, 11) is 0. The molecular formula is C18H24N4O. The van der Waals surface area contributed by atoms with Crippen LogP contribution in [-0.2, 0) is 4.79 Å². The molecule has 1 unspecified atom stereocenters. The molecule has 1 aliphatic rings. The van der Waals surface area contributed by atoms with Gasteiger partial charge in [0.05, 0.1) is 5.52 Å². The average Bonchev–Trinajstić information content (AvgIpc) is 2.54. The van der Waals surface area contributed by atoms with Gasteiger partial charge in [0.25, 0.3) is 0 Å². The van der Waals surface area contributed by atoms with E-state index in [1.165, 1.54) is 5.56 Å². The first-order valence-corrected chi connectivity index (χ1v) is 8.31. The zero-order valence-corrected chi connectivity index (χ0v) is 14.0. The maximum absolute atomic E-state index is 12.0. The fraction of sp³-hybridized carbons (Fsp3) is 0.500. The van der Waals surface area contributed by atoms with Crippen molar-refractivity contribution in [1.29, 1.82) is 0 Å². The number of carbonyl (C=O) groups excluding carboxylic acids is 1. The number of benzene rings is 1. The van der Waals surface area contributed by atoms with E-state index in [2.05, 4.69) is 39.2 Å². The Morgan fingerprint density at radius 3 is 2.96 bits per heavy atom. The van der Waals surface area contributed by atoms with Crippen molar-refractivity contribution in [3.05, 3.63) is 30.1 Å². The second kappa shape index (κ2) is 6.52. The standard InChI is InChI=1S/C18H24N4O/c1-12(2)18(23)21-14-5-4-8-22(10-14)17-15-9-13(3)6-7-16(15)19-11-20-17/h6-7,9,11-12,14H,4-5,8,10H2,1-3H3,(H,21,23). The number of fused-ring (bicyclic) bond motifs is 1. The third kappa shape index (κ3) is 3.44. The van der Waals surface area contributed by atoms with Gasteiger partial charge < -0.3 is 10.2 Å². The Morgan fingerprint density at radius 1 is 1.35 bits per heavy atom. The highest BCUT2D eigenvalue weighted by Gasteiger charge is 2.24. The van der Waals surface area contributed by atoms with Gasteiger partial charge >= 0.3 is 0 Å². The number of hydrogen-bond donors (Lipinski definition) is 1. The van der Waals surface area contributed by atoms with Gasteiger partial charge in [0.15, 0.2) is 0 Å². The zero-order chi connectivity index (χ0) is 16.4. The molecule has 3 rings (SSSR count). The Labute approximate surface area is 137 Å². The van der Waals surface area contributed by atoms with E-state index < -0.39 is 0 Å². The van der Waals surface area contributed by atoms with Crippen LogP contribution in [0.15, 0.2) is 24.5 Å². The third-order valence-corrected chi connectivity index (χ3v) is 4.36. The van der Waals surface area contributed by atoms with Crippen molar-refractivity contribution in [2.45, 2.75) is 39.7 Å². The van der Waals surface area contributed by atoms with Crippen LogP contribution >= 0.6 is 0 Å². The van der Waals surface area contributed by atoms with Crippen LogP contribution in [0.3, 0.4) is 0 Å². The lowest BCUT2D eigenvalue weighted by Crippen LogP contribution is -2.49. The summed E-state index contributed by atoms with van der Waals surface area (Å²) in [4.78, 5) is 23.1. The lowest BCUT2D eigenvalue weighted by molar-refractivity contribution is -0.124. The smallest absolute Gasteiger partial charge is 0.222 e. The Kier molecular flexibility index (Phi) is 4.46. The Bertz CT molecular complexity index is 713. The molecule has 0 spiro atoms. The van der Waals surface area contributed by atoms with Crippen LogP contribution in [0.2, 0.25) is 0 Å². The molecule has 0 bridgehead atoms. The summed E-state index contributed by atoms with van der Waals surface area (Å²) in [6.45, 7) is 7.71. The van der Waals surface area contributed by atoms with Gasteiger partial charge in [-0.05, 0) is 31.9 Å². The van der Waals surface area contributed by atoms with Crippen molar-refractivity contribution in [3.8, 4) is 0 Å². The molecule has 1 atom stereocenters. The lowest BCUT2D eigenvalue weighted by atomic mass is 10.0. The zero-order valence-electron chi connectivity index (χ0n) is 14.0. The molecule has 1 saturated heterocycles. The quantitative estimate of drug-likeness (QED) is 0.946. The van der Waals surface area contributed by atoms with E-state index in [-0.39, 0.29) is 17.9 Å². The number of carbonyl (C=O) groups is 1. The first kappa shape index (κ1) is 15.7. The highest BCUT2D eigenvalue weighted by Crippen LogP contribution is 2.26. The molecule has 5 nitrogen and oxygen atoms in total. The van der Waals surface area contributed by atoms with Crippen LogP contribution in [0, 0.1) is 12.8 Å². The van der Waals surface area contributed by atoms with Gasteiger partial charge in [0.2, 0.25) is 5.91 Å². The fourth-order valence-corrected chi connectivity index (χ4v) is 3.06. The summed E-state index contributed by atoms with van der Waals surface area (Å²) in [6, 6.07) is 6.44. The molecular weight excluding hydrogens is 288 g/mol. The van der Waals surface area contributed by atoms with Crippen LogP contribution in [-0.4, -0.2) is 35.0 Å². The van der Waals surface area contributed by atoms with E-state index in [0.717, 1.165) is 42.7 Å². The number of anilines is 1. The SMILES string of the molecule is Cc1ccc2ncnc(N3CCCC(NC(=O)C(C)C)C3)c2c1. The van der Waals surface area contributed by atoms with Crippen LogP contribution < -0.4 is 10.2 Å². The number of nitrogens with zero attached hydrogens (tertiary/aromatic N) is 3. The molecule has 1 N–H and O–H groups in total. The highest BCUT2D eigenvalue weighted by atomic mass is 16.1. The van der Waals surface area contributed by atoms with Crippen LogP contribution in [0.4, 0.5) is 5.82 Å². The number of nitrogens with one attached hydrogen (secondary N) is 1. The molecule has 23 heavy (non-hydrogen) atoms. The van der Waals surface area contributed by atoms with E-state index in [0.29, 0.717) is 0 Å². The fourth-order valence-electron chi connectivity index (χ4n) is 3.06. The summed E-state index contributed by atoms with van der Waals surface area (Å²) in [5, 5.41) is 4.24. The minimum absolute atomic E-state index is 0.0212. The molecule has 1 amide bonds. The van der Waals surface area contributed by atoms with Crippen LogP contribution in [0.5, 0.6) is 0 Å². The lowest BCUT2D eigenvalue weighted by Gasteiger charge is -2.34. The maximum Gasteiger partial charge on any atom is 0.222 e. The minimum atomic E-state index is 0.0212. The number of piperidine rings is 1. The molecule has 0 saturated carbocycles. The first-order chi connectivity index (χ1) is 11.0. The number of hydrogen-bond acceptors (Lipinski definition) is 4. The van der Waals surface area contributed by atoms with E-state index in [4.69, 9.17) is 0 Å². The van der Waals surface area contributed by atoms with Gasteiger partial charge in [0, 0.05) is 30.4 Å². The first-order valence-electron chi connectivity index (χ1n) is 8.31. The molecule has 2 heterocycles. The van der Waals surface area contributed by atoms with Gasteiger partial charge in [-0.3, -0.25) is 4.79 Å². The minimum Gasteiger partial charge on any atom is -0.354 e. The molecule has 1 aliphatic heterocycles. The molecule has 5 heteroatoms. The van der Waals surface area contributed by atoms with E-state index in [9.17, 15) is 4.79 Å². The second-order valence-corrected chi connectivity index (χ2v) is 6.67. The topological polar surface area (TPSA) is 58.1 Å². The monoisotopic (exact) mass is 312 g/mol. The van der Waals surface area contributed by atoms with Crippen molar-refractivity contribution in [2.75, 3.05) is 18.0 Å². The van der Waals surface area contributed by atoms with Gasteiger partial charge in [-0.2, -0.15) is 0 Å². The van der Waals surface area contributed by atoms with E-state index in [1.54, 1.807) is 6.33 Å². The van der Waals surface area contributed by atoms with Crippen molar-refractivity contribution >= 4 is 22.6 Å². The Hall–Kier alpha value is -2.17. The summed E-state index contributed by atoms with van der Waals surface area (Å²) in [5.41, 5.74) is 2.17. The molecule has 0 radical (unpaired) electrons. The highest BCUT2D eigenvalue weighted by molar-refractivity contribution is 5.90. The largest absolute Gasteiger partial charge is 0.354 e. The van der Waals surface area contributed by atoms with Crippen molar-refractivity contribution < 1.29 is 4.79 Å². The molecule has 0 aliphatic carbocycles. The van der Waals surface area contributed by atoms with Crippen molar-refractivity contribution in [2.24, 2.45) is 5.92 Å². The summed E-state index contributed by atoms with van der Waals surface area (Å²) < 4.78 is 0. The summed E-state index contributed by atoms with van der Waals surface area (Å²) >= 11 is 0. The molecule has 1 fully saturated rings. The van der Waals surface area contributed by atoms with Gasteiger partial charge in [-0.1, -0.05) is 25.5 Å². The van der Waals surface area contributed by atoms with Gasteiger partial charge in [-0.15, -0.1) is 0 Å². The second-order valence-electron chi connectivity index (χ2n) is 6.67. The predicted molar refractivity (Wildman–Crippen MR) is 92.5 cm³/mol. The number of aromatic nitrogens is 2. The Balaban J connectivity index is 1.84. The normalized spacial score (nSPS) is 18.4. The number of rotatable bonds is 3. The maximum atomic E-state index is 12.0. The molecule has 1 aromatic heterocycles. The van der Waals surface area contributed by atoms with Gasteiger partial charge in [0.1, 0.15) is 12.1 Å².